The summed E-state index contributed by atoms with van der Waals surface area (Å²) in [4.78, 5) is 3.58. The summed E-state index contributed by atoms with van der Waals surface area (Å²) in [6.45, 7) is 5.49. The Labute approximate surface area is 110 Å². The molecular formula is C12H17F3N4. The number of nitrogens with zero attached hydrogens (tertiary/aromatic N) is 3. The van der Waals surface area contributed by atoms with Crippen molar-refractivity contribution in [2.45, 2.75) is 33.0 Å². The number of nitrogens with two attached hydrogens (primary N) is 1. The molecule has 0 aliphatic rings. The van der Waals surface area contributed by atoms with Gasteiger partial charge in [-0.05, 0) is 26.8 Å². The summed E-state index contributed by atoms with van der Waals surface area (Å²) in [5.74, 6) is -0.527. The largest absolute Gasteiger partial charge is 0.419 e. The van der Waals surface area contributed by atoms with Gasteiger partial charge in [0.2, 0.25) is 0 Å². The van der Waals surface area contributed by atoms with E-state index in [0.29, 0.717) is 11.3 Å². The van der Waals surface area contributed by atoms with Crippen LogP contribution in [-0.4, -0.2) is 28.8 Å². The highest BCUT2D eigenvalue weighted by Crippen LogP contribution is 2.32. The average Bonchev–Trinajstić information content (AvgIpc) is 2.27. The Hall–Kier alpha value is -1.79. The van der Waals surface area contributed by atoms with Gasteiger partial charge in [0.25, 0.3) is 0 Å². The van der Waals surface area contributed by atoms with Crippen molar-refractivity contribution in [3.8, 4) is 0 Å². The molecular weight excluding hydrogens is 257 g/mol. The number of hydrogen-bond donors (Lipinski definition) is 1. The van der Waals surface area contributed by atoms with Crippen molar-refractivity contribution < 1.29 is 13.2 Å². The van der Waals surface area contributed by atoms with Gasteiger partial charge in [0.15, 0.2) is 0 Å². The number of anilines is 1. The van der Waals surface area contributed by atoms with E-state index in [2.05, 4.69) is 10.1 Å². The highest BCUT2D eigenvalue weighted by Gasteiger charge is 2.34. The fraction of sp³-hybridized carbons (Fsp3) is 0.500. The van der Waals surface area contributed by atoms with Gasteiger partial charge in [0, 0.05) is 24.8 Å². The Morgan fingerprint density at radius 3 is 2.47 bits per heavy atom. The van der Waals surface area contributed by atoms with Gasteiger partial charge in [-0.25, -0.2) is 4.98 Å². The van der Waals surface area contributed by atoms with E-state index >= 15 is 0 Å². The van der Waals surface area contributed by atoms with Crippen molar-refractivity contribution in [2.24, 2.45) is 5.10 Å². The summed E-state index contributed by atoms with van der Waals surface area (Å²) in [7, 11) is 1.75. The first-order valence-corrected chi connectivity index (χ1v) is 5.74. The van der Waals surface area contributed by atoms with Crippen molar-refractivity contribution in [3.05, 3.63) is 23.4 Å². The number of pyridine rings is 1. The monoisotopic (exact) mass is 274 g/mol. The smallest absolute Gasteiger partial charge is 0.383 e. The van der Waals surface area contributed by atoms with Crippen LogP contribution in [0.5, 0.6) is 0 Å². The molecule has 0 atom stereocenters. The van der Waals surface area contributed by atoms with Crippen molar-refractivity contribution in [1.82, 2.24) is 9.99 Å². The van der Waals surface area contributed by atoms with Crippen LogP contribution in [0.1, 0.15) is 31.9 Å². The van der Waals surface area contributed by atoms with Crippen LogP contribution in [0.2, 0.25) is 0 Å². The molecule has 1 aromatic heterocycles. The highest BCUT2D eigenvalue weighted by molar-refractivity contribution is 5.98. The standard InChI is InChI=1S/C12H17F3N4/c1-7(2)19(4)18-8(3)9-5-10(12(13,14)15)11(16)17-6-9/h5-7H,1-4H3,(H2,16,17). The second-order valence-corrected chi connectivity index (χ2v) is 4.51. The minimum Gasteiger partial charge on any atom is -0.383 e. The SMILES string of the molecule is CC(=NN(C)C(C)C)c1cnc(N)c(C(F)(F)F)c1. The molecule has 0 aliphatic carbocycles. The summed E-state index contributed by atoms with van der Waals surface area (Å²) in [5, 5.41) is 5.87. The van der Waals surface area contributed by atoms with Gasteiger partial charge in [0.05, 0.1) is 11.3 Å². The van der Waals surface area contributed by atoms with Gasteiger partial charge in [-0.3, -0.25) is 5.01 Å². The van der Waals surface area contributed by atoms with E-state index in [1.165, 1.54) is 6.20 Å². The molecule has 0 radical (unpaired) electrons. The molecule has 1 heterocycles. The second kappa shape index (κ2) is 5.46. The molecule has 2 N–H and O–H groups in total. The van der Waals surface area contributed by atoms with Gasteiger partial charge in [0.1, 0.15) is 5.82 Å². The molecule has 1 rings (SSSR count). The van der Waals surface area contributed by atoms with Crippen LogP contribution >= 0.6 is 0 Å². The number of nitrogen functional groups attached to an aromatic ring is 1. The van der Waals surface area contributed by atoms with E-state index in [-0.39, 0.29) is 6.04 Å². The van der Waals surface area contributed by atoms with Crippen molar-refractivity contribution in [2.75, 3.05) is 12.8 Å². The Morgan fingerprint density at radius 1 is 1.42 bits per heavy atom. The van der Waals surface area contributed by atoms with Crippen molar-refractivity contribution in [1.29, 1.82) is 0 Å². The minimum atomic E-state index is -4.52. The van der Waals surface area contributed by atoms with Gasteiger partial charge in [-0.2, -0.15) is 18.3 Å². The normalized spacial score (nSPS) is 12.9. The highest BCUT2D eigenvalue weighted by atomic mass is 19.4. The average molecular weight is 274 g/mol. The van der Waals surface area contributed by atoms with Crippen LogP contribution in [0.25, 0.3) is 0 Å². The molecule has 0 fully saturated rings. The van der Waals surface area contributed by atoms with E-state index in [4.69, 9.17) is 5.73 Å². The molecule has 7 heteroatoms. The van der Waals surface area contributed by atoms with E-state index in [9.17, 15) is 13.2 Å². The van der Waals surface area contributed by atoms with E-state index < -0.39 is 17.6 Å². The quantitative estimate of drug-likeness (QED) is 0.681. The zero-order valence-corrected chi connectivity index (χ0v) is 11.3. The molecule has 1 aromatic rings. The molecule has 0 spiro atoms. The topological polar surface area (TPSA) is 54.5 Å². The number of halogens is 3. The molecule has 0 bridgehead atoms. The summed E-state index contributed by atoms with van der Waals surface area (Å²) in [6.07, 6.45) is -3.23. The van der Waals surface area contributed by atoms with E-state index in [0.717, 1.165) is 6.07 Å². The number of hydrazone groups is 1. The first-order chi connectivity index (χ1) is 8.62. The lowest BCUT2D eigenvalue weighted by Gasteiger charge is -2.19. The van der Waals surface area contributed by atoms with Crippen LogP contribution in [0.3, 0.4) is 0 Å². The zero-order chi connectivity index (χ0) is 14.8. The lowest BCUT2D eigenvalue weighted by Crippen LogP contribution is -2.22. The molecule has 0 unspecified atom stereocenters. The third kappa shape index (κ3) is 3.84. The molecule has 0 aromatic carbocycles. The second-order valence-electron chi connectivity index (χ2n) is 4.51. The van der Waals surface area contributed by atoms with Gasteiger partial charge in [-0.15, -0.1) is 0 Å². The maximum atomic E-state index is 12.7. The molecule has 19 heavy (non-hydrogen) atoms. The molecule has 106 valence electrons. The maximum absolute atomic E-state index is 12.7. The van der Waals surface area contributed by atoms with Gasteiger partial charge < -0.3 is 5.73 Å². The summed E-state index contributed by atoms with van der Waals surface area (Å²) >= 11 is 0. The predicted octanol–water partition coefficient (Wildman–Crippen LogP) is 2.75. The predicted molar refractivity (Wildman–Crippen MR) is 68.8 cm³/mol. The summed E-state index contributed by atoms with van der Waals surface area (Å²) < 4.78 is 38.1. The third-order valence-corrected chi connectivity index (χ3v) is 2.70. The van der Waals surface area contributed by atoms with Crippen LogP contribution in [0.15, 0.2) is 17.4 Å². The summed E-state index contributed by atoms with van der Waals surface area (Å²) in [5.41, 5.74) is 5.06. The van der Waals surface area contributed by atoms with Crippen molar-refractivity contribution in [3.63, 3.8) is 0 Å². The third-order valence-electron chi connectivity index (χ3n) is 2.70. The first kappa shape index (κ1) is 15.3. The van der Waals surface area contributed by atoms with Gasteiger partial charge >= 0.3 is 6.18 Å². The van der Waals surface area contributed by atoms with Crippen LogP contribution in [0.4, 0.5) is 19.0 Å². The maximum Gasteiger partial charge on any atom is 0.419 e. The van der Waals surface area contributed by atoms with Crippen molar-refractivity contribution >= 4 is 11.5 Å². The zero-order valence-electron chi connectivity index (χ0n) is 11.3. The number of aromatic nitrogens is 1. The molecule has 4 nitrogen and oxygen atoms in total. The van der Waals surface area contributed by atoms with E-state index in [1.807, 2.05) is 13.8 Å². The van der Waals surface area contributed by atoms with Crippen LogP contribution in [-0.2, 0) is 6.18 Å². The number of rotatable bonds is 3. The Morgan fingerprint density at radius 2 is 2.00 bits per heavy atom. The Kier molecular flexibility index (Phi) is 4.39. The number of alkyl halides is 3. The lowest BCUT2D eigenvalue weighted by atomic mass is 10.1. The molecule has 0 saturated carbocycles. The van der Waals surface area contributed by atoms with Crippen LogP contribution < -0.4 is 5.73 Å². The molecule has 0 saturated heterocycles. The minimum absolute atomic E-state index is 0.152. The fourth-order valence-corrected chi connectivity index (χ4v) is 1.31. The molecule has 0 amide bonds. The number of hydrogen-bond acceptors (Lipinski definition) is 4. The first-order valence-electron chi connectivity index (χ1n) is 5.74. The fourth-order valence-electron chi connectivity index (χ4n) is 1.31. The van der Waals surface area contributed by atoms with Crippen LogP contribution in [0, 0.1) is 0 Å². The molecule has 0 aliphatic heterocycles. The van der Waals surface area contributed by atoms with Gasteiger partial charge in [-0.1, -0.05) is 0 Å². The summed E-state index contributed by atoms with van der Waals surface area (Å²) in [6, 6.07) is 1.12. The lowest BCUT2D eigenvalue weighted by molar-refractivity contribution is -0.137. The Balaban J connectivity index is 3.16. The Bertz CT molecular complexity index is 480. The van der Waals surface area contributed by atoms with E-state index in [1.54, 1.807) is 19.0 Å².